The van der Waals surface area contributed by atoms with Gasteiger partial charge in [0, 0.05) is 23.6 Å². The van der Waals surface area contributed by atoms with Crippen molar-refractivity contribution >= 4 is 19.0 Å². The topological polar surface area (TPSA) is 60.9 Å². The molecule has 30 heavy (non-hydrogen) atoms. The van der Waals surface area contributed by atoms with Gasteiger partial charge in [-0.25, -0.2) is 4.79 Å². The summed E-state index contributed by atoms with van der Waals surface area (Å²) in [5.74, 6) is 3.23. The molecule has 0 saturated heterocycles. The normalized spacial score (nSPS) is 11.4. The lowest BCUT2D eigenvalue weighted by Gasteiger charge is -2.05. The Hall–Kier alpha value is -3.43. The molecule has 0 atom stereocenters. The molecule has 0 aliphatic carbocycles. The van der Waals surface area contributed by atoms with E-state index in [1.54, 1.807) is 4.68 Å². The Kier molecular flexibility index (Phi) is 4.92. The highest BCUT2D eigenvalue weighted by atomic mass is 28.3. The van der Waals surface area contributed by atoms with Gasteiger partial charge in [-0.1, -0.05) is 55.0 Å². The quantitative estimate of drug-likeness (QED) is 0.269. The van der Waals surface area contributed by atoms with Crippen LogP contribution in [0.15, 0.2) is 57.7 Å². The summed E-state index contributed by atoms with van der Waals surface area (Å²) in [5.41, 5.74) is 8.43. The molecule has 2 aromatic carbocycles. The molecule has 150 valence electrons. The highest BCUT2D eigenvalue weighted by molar-refractivity contribution is 6.83. The van der Waals surface area contributed by atoms with Crippen LogP contribution in [-0.4, -0.2) is 23.1 Å². The first kappa shape index (κ1) is 19.9. The molecule has 0 N–H and O–H groups in total. The van der Waals surface area contributed by atoms with Crippen molar-refractivity contribution in [1.29, 1.82) is 0 Å². The predicted octanol–water partition coefficient (Wildman–Crippen LogP) is 4.79. The number of hydrogen-bond acceptors (Lipinski definition) is 4. The van der Waals surface area contributed by atoms with E-state index >= 15 is 0 Å². The van der Waals surface area contributed by atoms with Gasteiger partial charge in [0.25, 0.3) is 0 Å². The largest absolute Gasteiger partial charge is 0.422 e. The third-order valence-corrected chi connectivity index (χ3v) is 5.77. The molecule has 0 unspecified atom stereocenters. The van der Waals surface area contributed by atoms with E-state index in [2.05, 4.69) is 41.4 Å². The van der Waals surface area contributed by atoms with Gasteiger partial charge in [0.1, 0.15) is 19.4 Å². The molecule has 2 heterocycles. The Bertz CT molecular complexity index is 1360. The number of nitrogens with zero attached hydrogens (tertiary/aromatic N) is 3. The highest BCUT2D eigenvalue weighted by Crippen LogP contribution is 2.27. The molecular formula is C24H23N3O2Si. The van der Waals surface area contributed by atoms with E-state index in [9.17, 15) is 4.79 Å². The fourth-order valence-electron chi connectivity index (χ4n) is 3.12. The minimum absolute atomic E-state index is 0.364. The van der Waals surface area contributed by atoms with Crippen molar-refractivity contribution in [3.63, 3.8) is 0 Å². The maximum atomic E-state index is 12.7. The minimum atomic E-state index is -1.42. The van der Waals surface area contributed by atoms with Gasteiger partial charge in [-0.2, -0.15) is 0 Å². The van der Waals surface area contributed by atoms with E-state index in [4.69, 9.17) is 4.42 Å². The number of aromatic nitrogens is 3. The zero-order valence-electron chi connectivity index (χ0n) is 17.8. The monoisotopic (exact) mass is 413 g/mol. The molecule has 0 spiro atoms. The van der Waals surface area contributed by atoms with Gasteiger partial charge in [-0.15, -0.1) is 10.6 Å². The Balaban J connectivity index is 1.71. The number of fused-ring (bicyclic) bond motifs is 1. The molecule has 4 aromatic rings. The lowest BCUT2D eigenvalue weighted by Crippen LogP contribution is -2.16. The Morgan fingerprint density at radius 2 is 1.70 bits per heavy atom. The first-order valence-electron chi connectivity index (χ1n) is 9.79. The fraction of sp³-hybridized carbons (Fsp3) is 0.208. The molecule has 0 fully saturated rings. The third-order valence-electron chi connectivity index (χ3n) is 4.89. The summed E-state index contributed by atoms with van der Waals surface area (Å²) in [6.07, 6.45) is 0. The molecule has 0 bridgehead atoms. The van der Waals surface area contributed by atoms with Gasteiger partial charge in [0.05, 0.1) is 11.3 Å². The number of hydrogen-bond donors (Lipinski definition) is 0. The fourth-order valence-corrected chi connectivity index (χ4v) is 3.64. The van der Waals surface area contributed by atoms with Crippen LogP contribution in [0.2, 0.25) is 19.6 Å². The van der Waals surface area contributed by atoms with Gasteiger partial charge in [0.15, 0.2) is 0 Å². The van der Waals surface area contributed by atoms with E-state index in [-0.39, 0.29) is 5.63 Å². The second kappa shape index (κ2) is 7.43. The molecule has 2 aromatic heterocycles. The van der Waals surface area contributed by atoms with Crippen LogP contribution in [0.4, 0.5) is 0 Å². The predicted molar refractivity (Wildman–Crippen MR) is 123 cm³/mol. The van der Waals surface area contributed by atoms with Gasteiger partial charge < -0.3 is 4.42 Å². The summed E-state index contributed by atoms with van der Waals surface area (Å²) in [4.78, 5) is 12.7. The minimum Gasteiger partial charge on any atom is -0.422 e. The molecule has 4 rings (SSSR count). The molecule has 0 saturated carbocycles. The standard InChI is InChI=1S/C24H23N3O2Si/c1-16-23(25-26-27(16)2)20-11-10-19-14-21(24(28)29-22(19)15-20)18-8-6-17(7-9-18)12-13-30(3,4)5/h6-11,14-15H,1-5H3. The number of rotatable bonds is 2. The maximum Gasteiger partial charge on any atom is 0.344 e. The van der Waals surface area contributed by atoms with Crippen LogP contribution in [-0.2, 0) is 7.05 Å². The van der Waals surface area contributed by atoms with Gasteiger partial charge in [-0.3, -0.25) is 4.68 Å². The Labute approximate surface area is 176 Å². The van der Waals surface area contributed by atoms with Crippen molar-refractivity contribution in [2.75, 3.05) is 0 Å². The highest BCUT2D eigenvalue weighted by Gasteiger charge is 2.13. The Morgan fingerprint density at radius 1 is 1.00 bits per heavy atom. The molecule has 6 heteroatoms. The van der Waals surface area contributed by atoms with Crippen LogP contribution in [0.25, 0.3) is 33.4 Å². The summed E-state index contributed by atoms with van der Waals surface area (Å²) in [5, 5.41) is 9.11. The van der Waals surface area contributed by atoms with Gasteiger partial charge in [0.2, 0.25) is 0 Å². The van der Waals surface area contributed by atoms with E-state index in [1.165, 1.54) is 0 Å². The first-order valence-corrected chi connectivity index (χ1v) is 13.3. The molecule has 0 amide bonds. The smallest absolute Gasteiger partial charge is 0.344 e. The summed E-state index contributed by atoms with van der Waals surface area (Å²) in [6.45, 7) is 8.60. The summed E-state index contributed by atoms with van der Waals surface area (Å²) in [7, 11) is 0.424. The van der Waals surface area contributed by atoms with Crippen molar-refractivity contribution in [1.82, 2.24) is 15.0 Å². The molecular weight excluding hydrogens is 390 g/mol. The second-order valence-corrected chi connectivity index (χ2v) is 13.2. The molecule has 5 nitrogen and oxygen atoms in total. The maximum absolute atomic E-state index is 12.7. The van der Waals surface area contributed by atoms with Crippen LogP contribution in [0.1, 0.15) is 11.3 Å². The lowest BCUT2D eigenvalue weighted by atomic mass is 10.0. The summed E-state index contributed by atoms with van der Waals surface area (Å²) in [6, 6.07) is 15.4. The van der Waals surface area contributed by atoms with Crippen LogP contribution in [0, 0.1) is 18.4 Å². The van der Waals surface area contributed by atoms with Crippen molar-refractivity contribution in [3.05, 3.63) is 70.2 Å². The molecule has 0 radical (unpaired) electrons. The van der Waals surface area contributed by atoms with Gasteiger partial charge >= 0.3 is 5.63 Å². The zero-order chi connectivity index (χ0) is 21.5. The lowest BCUT2D eigenvalue weighted by molar-refractivity contribution is 0.563. The van der Waals surface area contributed by atoms with Crippen molar-refractivity contribution in [3.8, 4) is 33.8 Å². The van der Waals surface area contributed by atoms with Crippen LogP contribution in [0.3, 0.4) is 0 Å². The number of aryl methyl sites for hydroxylation is 1. The van der Waals surface area contributed by atoms with E-state index < -0.39 is 8.07 Å². The average molecular weight is 414 g/mol. The van der Waals surface area contributed by atoms with Crippen molar-refractivity contribution < 1.29 is 4.42 Å². The van der Waals surface area contributed by atoms with E-state index in [1.807, 2.05) is 62.5 Å². The van der Waals surface area contributed by atoms with Crippen molar-refractivity contribution in [2.45, 2.75) is 26.6 Å². The van der Waals surface area contributed by atoms with Crippen LogP contribution < -0.4 is 5.63 Å². The summed E-state index contributed by atoms with van der Waals surface area (Å²) < 4.78 is 7.36. The number of benzene rings is 2. The van der Waals surface area contributed by atoms with Crippen LogP contribution in [0.5, 0.6) is 0 Å². The molecule has 0 aliphatic rings. The average Bonchev–Trinajstić information content (AvgIpc) is 3.04. The third kappa shape index (κ3) is 3.98. The van der Waals surface area contributed by atoms with Crippen LogP contribution >= 0.6 is 0 Å². The van der Waals surface area contributed by atoms with Crippen molar-refractivity contribution in [2.24, 2.45) is 7.05 Å². The first-order chi connectivity index (χ1) is 14.2. The SMILES string of the molecule is Cc1c(-c2ccc3cc(-c4ccc(C#C[Si](C)(C)C)cc4)c(=O)oc3c2)nnn1C. The van der Waals surface area contributed by atoms with E-state index in [0.29, 0.717) is 11.1 Å². The second-order valence-electron chi connectivity index (χ2n) is 8.42. The summed E-state index contributed by atoms with van der Waals surface area (Å²) >= 11 is 0. The van der Waals surface area contributed by atoms with E-state index in [0.717, 1.165) is 33.5 Å². The zero-order valence-corrected chi connectivity index (χ0v) is 18.8. The molecule has 0 aliphatic heterocycles. The Morgan fingerprint density at radius 3 is 2.33 bits per heavy atom. The van der Waals surface area contributed by atoms with Gasteiger partial charge in [-0.05, 0) is 36.8 Å².